The summed E-state index contributed by atoms with van der Waals surface area (Å²) in [4.78, 5) is 11.6. The van der Waals surface area contributed by atoms with Crippen molar-refractivity contribution in [2.45, 2.75) is 12.8 Å². The van der Waals surface area contributed by atoms with Crippen LogP contribution >= 0.6 is 0 Å². The minimum absolute atomic E-state index is 0.0734. The summed E-state index contributed by atoms with van der Waals surface area (Å²) in [5, 5.41) is 37.6. The van der Waals surface area contributed by atoms with Crippen LogP contribution in [0.5, 0.6) is 23.0 Å². The van der Waals surface area contributed by atoms with E-state index in [4.69, 9.17) is 15.3 Å². The van der Waals surface area contributed by atoms with Crippen LogP contribution in [0.2, 0.25) is 0 Å². The number of rotatable bonds is 2. The molecule has 3 rings (SSSR count). The van der Waals surface area contributed by atoms with Crippen molar-refractivity contribution < 1.29 is 19.7 Å². The Morgan fingerprint density at radius 3 is 2.57 bits per heavy atom. The predicted octanol–water partition coefficient (Wildman–Crippen LogP) is 2.76. The van der Waals surface area contributed by atoms with E-state index < -0.39 is 11.5 Å². The van der Waals surface area contributed by atoms with Gasteiger partial charge >= 0.3 is 0 Å². The summed E-state index contributed by atoms with van der Waals surface area (Å²) in [7, 11) is 0. The minimum atomic E-state index is -0.641. The van der Waals surface area contributed by atoms with E-state index in [0.717, 1.165) is 11.6 Å². The highest BCUT2D eigenvalue weighted by molar-refractivity contribution is 6.00. The first-order valence-electron chi connectivity index (χ1n) is 6.78. The molecule has 0 spiro atoms. The molecule has 0 unspecified atom stereocenters. The largest absolute Gasteiger partial charge is 0.504 e. The van der Waals surface area contributed by atoms with Crippen LogP contribution < -0.4 is 4.74 Å². The molecule has 2 aromatic carbocycles. The maximum absolute atomic E-state index is 11.6. The molecule has 0 aliphatic heterocycles. The number of carbonyl (C=O) groups is 1. The van der Waals surface area contributed by atoms with Gasteiger partial charge in [-0.05, 0) is 30.2 Å². The molecule has 0 radical (unpaired) electrons. The van der Waals surface area contributed by atoms with E-state index in [0.29, 0.717) is 24.2 Å². The maximum Gasteiger partial charge on any atom is 0.179 e. The number of nitrogens with zero attached hydrogens (tertiary/aromatic N) is 2. The molecule has 0 bridgehead atoms. The van der Waals surface area contributed by atoms with Crippen molar-refractivity contribution in [3.05, 3.63) is 46.5 Å². The van der Waals surface area contributed by atoms with Gasteiger partial charge in [0.1, 0.15) is 23.5 Å². The van der Waals surface area contributed by atoms with Crippen LogP contribution in [0.4, 0.5) is 0 Å². The number of aromatic hydroxyl groups is 2. The molecular weight excluding hydrogens is 296 g/mol. The fourth-order valence-electron chi connectivity index (χ4n) is 2.55. The molecule has 6 heteroatoms. The number of fused-ring (bicyclic) bond motifs is 1. The number of aryl methyl sites for hydroxylation is 1. The zero-order chi connectivity index (χ0) is 16.6. The molecule has 0 atom stereocenters. The van der Waals surface area contributed by atoms with E-state index in [1.165, 1.54) is 0 Å². The average molecular weight is 306 g/mol. The highest BCUT2D eigenvalue weighted by atomic mass is 16.5. The molecule has 0 saturated heterocycles. The highest BCUT2D eigenvalue weighted by Gasteiger charge is 2.22. The standard InChI is InChI=1S/C17H10N2O4/c18-7-10-6-15(21)16(22)13(8-19)17(10)23-11-2-3-12-9(5-11)1-4-14(12)20/h2-3,5-6,21-22H,1,4H2. The van der Waals surface area contributed by atoms with E-state index in [1.54, 1.807) is 24.3 Å². The third kappa shape index (κ3) is 2.33. The van der Waals surface area contributed by atoms with Crippen molar-refractivity contribution in [1.82, 2.24) is 0 Å². The second-order valence-corrected chi connectivity index (χ2v) is 5.06. The van der Waals surface area contributed by atoms with Crippen molar-refractivity contribution in [1.29, 1.82) is 10.5 Å². The molecule has 6 nitrogen and oxygen atoms in total. The molecule has 2 N–H and O–H groups in total. The van der Waals surface area contributed by atoms with Crippen molar-refractivity contribution in [3.63, 3.8) is 0 Å². The molecule has 0 heterocycles. The Labute approximate surface area is 131 Å². The van der Waals surface area contributed by atoms with Gasteiger partial charge in [-0.15, -0.1) is 0 Å². The number of phenols is 2. The Morgan fingerprint density at radius 1 is 1.09 bits per heavy atom. The van der Waals surface area contributed by atoms with Crippen molar-refractivity contribution >= 4 is 5.78 Å². The van der Waals surface area contributed by atoms with Gasteiger partial charge in [-0.3, -0.25) is 4.79 Å². The Bertz CT molecular complexity index is 920. The van der Waals surface area contributed by atoms with Crippen LogP contribution in [0.25, 0.3) is 0 Å². The molecular formula is C17H10N2O4. The molecule has 23 heavy (non-hydrogen) atoms. The quantitative estimate of drug-likeness (QED) is 0.824. The monoisotopic (exact) mass is 306 g/mol. The third-order valence-electron chi connectivity index (χ3n) is 3.68. The predicted molar refractivity (Wildman–Crippen MR) is 78.4 cm³/mol. The van der Waals surface area contributed by atoms with Crippen molar-refractivity contribution in [2.75, 3.05) is 0 Å². The summed E-state index contributed by atoms with van der Waals surface area (Å²) in [6.45, 7) is 0. The second kappa shape index (κ2) is 5.36. The number of ether oxygens (including phenoxy) is 1. The molecule has 0 saturated carbocycles. The van der Waals surface area contributed by atoms with E-state index >= 15 is 0 Å². The number of phenolic OH excluding ortho intramolecular Hbond substituents is 2. The average Bonchev–Trinajstić information content (AvgIpc) is 2.92. The molecule has 2 aromatic rings. The number of benzene rings is 2. The summed E-state index contributed by atoms with van der Waals surface area (Å²) in [5.41, 5.74) is 1.09. The normalized spacial score (nSPS) is 12.3. The molecule has 1 aliphatic carbocycles. The number of hydrogen-bond acceptors (Lipinski definition) is 6. The van der Waals surface area contributed by atoms with Gasteiger partial charge in [-0.25, -0.2) is 0 Å². The lowest BCUT2D eigenvalue weighted by atomic mass is 10.1. The number of carbonyl (C=O) groups excluding carboxylic acids is 1. The zero-order valence-electron chi connectivity index (χ0n) is 11.8. The summed E-state index contributed by atoms with van der Waals surface area (Å²) in [5.74, 6) is -0.918. The highest BCUT2D eigenvalue weighted by Crippen LogP contribution is 2.40. The van der Waals surface area contributed by atoms with Crippen LogP contribution in [0.3, 0.4) is 0 Å². The van der Waals surface area contributed by atoms with E-state index in [9.17, 15) is 15.0 Å². The van der Waals surface area contributed by atoms with Crippen LogP contribution in [-0.4, -0.2) is 16.0 Å². The van der Waals surface area contributed by atoms with Gasteiger partial charge in [0.05, 0.1) is 5.56 Å². The van der Waals surface area contributed by atoms with Crippen LogP contribution in [0.1, 0.15) is 33.5 Å². The summed E-state index contributed by atoms with van der Waals surface area (Å²) in [6.07, 6.45) is 1.06. The lowest BCUT2D eigenvalue weighted by Crippen LogP contribution is -1.95. The smallest absolute Gasteiger partial charge is 0.179 e. The van der Waals surface area contributed by atoms with Gasteiger partial charge in [-0.2, -0.15) is 10.5 Å². The lowest BCUT2D eigenvalue weighted by molar-refractivity contribution is 0.0994. The van der Waals surface area contributed by atoms with Crippen molar-refractivity contribution in [3.8, 4) is 35.1 Å². The van der Waals surface area contributed by atoms with Crippen LogP contribution in [-0.2, 0) is 6.42 Å². The first-order chi connectivity index (χ1) is 11.0. The molecule has 112 valence electrons. The van der Waals surface area contributed by atoms with Gasteiger partial charge in [-0.1, -0.05) is 0 Å². The van der Waals surface area contributed by atoms with Gasteiger partial charge in [0.25, 0.3) is 0 Å². The molecule has 0 fully saturated rings. The topological polar surface area (TPSA) is 114 Å². The van der Waals surface area contributed by atoms with E-state index in [-0.39, 0.29) is 22.7 Å². The maximum atomic E-state index is 11.6. The van der Waals surface area contributed by atoms with Crippen LogP contribution in [0.15, 0.2) is 24.3 Å². The zero-order valence-corrected chi connectivity index (χ0v) is 11.8. The van der Waals surface area contributed by atoms with Gasteiger partial charge in [0, 0.05) is 18.1 Å². The van der Waals surface area contributed by atoms with Gasteiger partial charge in [0.15, 0.2) is 23.0 Å². The first kappa shape index (κ1) is 14.4. The molecule has 1 aliphatic rings. The first-order valence-corrected chi connectivity index (χ1v) is 6.78. The number of ketones is 1. The Hall–Kier alpha value is -3.51. The Kier molecular flexibility index (Phi) is 3.36. The fraction of sp³-hybridized carbons (Fsp3) is 0.118. The fourth-order valence-corrected chi connectivity index (χ4v) is 2.55. The third-order valence-corrected chi connectivity index (χ3v) is 3.68. The summed E-state index contributed by atoms with van der Waals surface area (Å²) in [6, 6.07) is 9.44. The summed E-state index contributed by atoms with van der Waals surface area (Å²) >= 11 is 0. The molecule has 0 aromatic heterocycles. The van der Waals surface area contributed by atoms with Gasteiger partial charge < -0.3 is 14.9 Å². The number of Topliss-reactive ketones (excluding diaryl/α,β-unsaturated/α-hetero) is 1. The Morgan fingerprint density at radius 2 is 1.87 bits per heavy atom. The van der Waals surface area contributed by atoms with Crippen molar-refractivity contribution in [2.24, 2.45) is 0 Å². The Balaban J connectivity index is 2.08. The van der Waals surface area contributed by atoms with E-state index in [2.05, 4.69) is 0 Å². The van der Waals surface area contributed by atoms with Gasteiger partial charge in [0.2, 0.25) is 0 Å². The second-order valence-electron chi connectivity index (χ2n) is 5.06. The summed E-state index contributed by atoms with van der Waals surface area (Å²) < 4.78 is 5.59. The van der Waals surface area contributed by atoms with E-state index in [1.807, 2.05) is 6.07 Å². The van der Waals surface area contributed by atoms with Crippen LogP contribution in [0, 0.1) is 22.7 Å². The number of nitriles is 2. The SMILES string of the molecule is N#Cc1cc(O)c(O)c(C#N)c1Oc1ccc2c(c1)CCC2=O. The molecule has 0 amide bonds. The lowest BCUT2D eigenvalue weighted by Gasteiger charge is -2.12. The minimum Gasteiger partial charge on any atom is -0.504 e. The number of hydrogen-bond donors (Lipinski definition) is 2.